The first-order chi connectivity index (χ1) is 14.4. The fourth-order valence-electron chi connectivity index (χ4n) is 5.82. The predicted octanol–water partition coefficient (Wildman–Crippen LogP) is 6.61. The van der Waals surface area contributed by atoms with Gasteiger partial charge in [0.15, 0.2) is 0 Å². The van der Waals surface area contributed by atoms with Crippen LogP contribution < -0.4 is 0 Å². The quantitative estimate of drug-likeness (QED) is 0.426. The van der Waals surface area contributed by atoms with Crippen molar-refractivity contribution in [3.63, 3.8) is 0 Å². The fourth-order valence-corrected chi connectivity index (χ4v) is 7.12. The van der Waals surface area contributed by atoms with Crippen LogP contribution in [-0.2, 0) is 0 Å². The van der Waals surface area contributed by atoms with Crippen molar-refractivity contribution in [2.45, 2.75) is 90.8 Å². The van der Waals surface area contributed by atoms with Gasteiger partial charge in [-0.1, -0.05) is 69.6 Å². The van der Waals surface area contributed by atoms with Crippen LogP contribution in [-0.4, -0.2) is 33.9 Å². The van der Waals surface area contributed by atoms with Crippen molar-refractivity contribution in [2.75, 3.05) is 11.5 Å². The van der Waals surface area contributed by atoms with Crippen LogP contribution in [0.1, 0.15) is 78.6 Å². The zero-order valence-electron chi connectivity index (χ0n) is 19.3. The molecule has 0 radical (unpaired) electrons. The molecule has 30 heavy (non-hydrogen) atoms. The number of rotatable bonds is 8. The molecule has 0 bridgehead atoms. The van der Waals surface area contributed by atoms with Gasteiger partial charge in [-0.25, -0.2) is 0 Å². The lowest BCUT2D eigenvalue weighted by molar-refractivity contribution is 0.125. The Kier molecular flexibility index (Phi) is 8.52. The zero-order chi connectivity index (χ0) is 21.7. The van der Waals surface area contributed by atoms with Crippen molar-refractivity contribution < 1.29 is 10.2 Å². The van der Waals surface area contributed by atoms with Crippen molar-refractivity contribution in [2.24, 2.45) is 17.3 Å². The van der Waals surface area contributed by atoms with E-state index in [0.717, 1.165) is 55.6 Å². The smallest absolute Gasteiger partial charge is 0.0787 e. The average molecular weight is 431 g/mol. The Labute approximate surface area is 188 Å². The van der Waals surface area contributed by atoms with E-state index < -0.39 is 0 Å². The Hall–Kier alpha value is -0.770. The molecule has 1 unspecified atom stereocenters. The van der Waals surface area contributed by atoms with Crippen LogP contribution in [0.4, 0.5) is 0 Å². The standard InChI is InChI=1S/C27H42O2S/c1-5-20(6-2)26(29)18-30-17-23-14-15-24-22(10-8-16-27(23,24)4)13-12-21-9-7-11-25(28)19(21)3/h12-14,20,24-26,28-29H,3,5-11,15-18H2,1-2,4H3/b21-12-,22-13+/t24?,25-,26+,27+/m0/s1. The van der Waals surface area contributed by atoms with Gasteiger partial charge in [-0.2, -0.15) is 11.8 Å². The molecule has 0 saturated heterocycles. The van der Waals surface area contributed by atoms with Gasteiger partial charge in [-0.15, -0.1) is 0 Å². The van der Waals surface area contributed by atoms with Gasteiger partial charge >= 0.3 is 0 Å². The summed E-state index contributed by atoms with van der Waals surface area (Å²) in [6, 6.07) is 0. The Morgan fingerprint density at radius 2 is 2.00 bits per heavy atom. The van der Waals surface area contributed by atoms with Crippen LogP contribution in [0.5, 0.6) is 0 Å². The van der Waals surface area contributed by atoms with E-state index in [1.807, 2.05) is 11.8 Å². The number of aliphatic hydroxyl groups is 2. The molecule has 2 nitrogen and oxygen atoms in total. The van der Waals surface area contributed by atoms with E-state index in [0.29, 0.717) is 11.8 Å². The second-order valence-electron chi connectivity index (χ2n) is 9.81. The number of fused-ring (bicyclic) bond motifs is 1. The van der Waals surface area contributed by atoms with Gasteiger partial charge in [-0.3, -0.25) is 0 Å². The maximum atomic E-state index is 10.5. The van der Waals surface area contributed by atoms with Crippen LogP contribution >= 0.6 is 11.8 Å². The first-order valence-corrected chi connectivity index (χ1v) is 13.3. The molecule has 0 spiro atoms. The van der Waals surface area contributed by atoms with Crippen molar-refractivity contribution in [1.29, 1.82) is 0 Å². The lowest BCUT2D eigenvalue weighted by Crippen LogP contribution is -2.31. The van der Waals surface area contributed by atoms with Crippen LogP contribution in [0.3, 0.4) is 0 Å². The highest BCUT2D eigenvalue weighted by Crippen LogP contribution is 2.55. The number of thioether (sulfide) groups is 1. The number of hydrogen-bond acceptors (Lipinski definition) is 3. The molecule has 0 heterocycles. The highest BCUT2D eigenvalue weighted by atomic mass is 32.2. The van der Waals surface area contributed by atoms with Crippen molar-refractivity contribution in [1.82, 2.24) is 0 Å². The van der Waals surface area contributed by atoms with Crippen molar-refractivity contribution in [3.05, 3.63) is 47.1 Å². The number of aliphatic hydroxyl groups excluding tert-OH is 2. The van der Waals surface area contributed by atoms with E-state index in [2.05, 4.69) is 45.6 Å². The average Bonchev–Trinajstić information content (AvgIpc) is 3.07. The van der Waals surface area contributed by atoms with Crippen LogP contribution in [0.2, 0.25) is 0 Å². The molecule has 0 aromatic carbocycles. The Morgan fingerprint density at radius 3 is 2.73 bits per heavy atom. The Balaban J connectivity index is 1.62. The van der Waals surface area contributed by atoms with Crippen LogP contribution in [0.25, 0.3) is 0 Å². The van der Waals surface area contributed by atoms with Crippen molar-refractivity contribution >= 4 is 11.8 Å². The van der Waals surface area contributed by atoms with Gasteiger partial charge in [0.05, 0.1) is 12.2 Å². The van der Waals surface area contributed by atoms with E-state index in [1.54, 1.807) is 11.1 Å². The van der Waals surface area contributed by atoms with Crippen LogP contribution in [0.15, 0.2) is 47.1 Å². The van der Waals surface area contributed by atoms with Crippen molar-refractivity contribution in [3.8, 4) is 0 Å². The van der Waals surface area contributed by atoms with E-state index in [1.165, 1.54) is 24.8 Å². The molecule has 3 rings (SSSR count). The highest BCUT2D eigenvalue weighted by Gasteiger charge is 2.44. The zero-order valence-corrected chi connectivity index (χ0v) is 20.1. The lowest BCUT2D eigenvalue weighted by Gasteiger charge is -2.41. The first kappa shape index (κ1) is 23.9. The minimum absolute atomic E-state index is 0.178. The molecule has 168 valence electrons. The first-order valence-electron chi connectivity index (χ1n) is 12.1. The molecule has 4 atom stereocenters. The lowest BCUT2D eigenvalue weighted by atomic mass is 9.64. The van der Waals surface area contributed by atoms with E-state index in [9.17, 15) is 10.2 Å². The summed E-state index contributed by atoms with van der Waals surface area (Å²) in [5, 5.41) is 20.6. The highest BCUT2D eigenvalue weighted by molar-refractivity contribution is 7.99. The molecule has 0 aliphatic heterocycles. The molecule has 0 aromatic heterocycles. The van der Waals surface area contributed by atoms with Gasteiger partial charge in [0.2, 0.25) is 0 Å². The third-order valence-electron chi connectivity index (χ3n) is 8.09. The largest absolute Gasteiger partial charge is 0.392 e. The second kappa shape index (κ2) is 10.7. The summed E-state index contributed by atoms with van der Waals surface area (Å²) in [4.78, 5) is 0. The van der Waals surface area contributed by atoms with E-state index in [-0.39, 0.29) is 17.6 Å². The molecule has 2 N–H and O–H groups in total. The monoisotopic (exact) mass is 430 g/mol. The van der Waals surface area contributed by atoms with Crippen LogP contribution in [0, 0.1) is 17.3 Å². The maximum absolute atomic E-state index is 10.5. The Bertz CT molecular complexity index is 700. The van der Waals surface area contributed by atoms with Gasteiger partial charge in [0, 0.05) is 11.5 Å². The number of hydrogen-bond donors (Lipinski definition) is 2. The normalized spacial score (nSPS) is 33.3. The molecular formula is C27H42O2S. The molecule has 3 aliphatic carbocycles. The molecular weight excluding hydrogens is 388 g/mol. The molecule has 2 saturated carbocycles. The predicted molar refractivity (Wildman–Crippen MR) is 131 cm³/mol. The molecule has 3 heteroatoms. The summed E-state index contributed by atoms with van der Waals surface area (Å²) in [7, 11) is 0. The van der Waals surface area contributed by atoms with Gasteiger partial charge in [-0.05, 0) is 73.3 Å². The molecule has 3 aliphatic rings. The van der Waals surface area contributed by atoms with E-state index >= 15 is 0 Å². The number of allylic oxidation sites excluding steroid dienone is 4. The SMILES string of the molecule is C=C1/C(=C\C=C2/CCC[C@]3(C)C(CSC[C@@H](O)C(CC)CC)=CCC23)CCC[C@@H]1O. The van der Waals surface area contributed by atoms with Gasteiger partial charge in [0.1, 0.15) is 0 Å². The fraction of sp³-hybridized carbons (Fsp3) is 0.704. The Morgan fingerprint density at radius 1 is 1.23 bits per heavy atom. The summed E-state index contributed by atoms with van der Waals surface area (Å²) < 4.78 is 0. The van der Waals surface area contributed by atoms with Gasteiger partial charge in [0.25, 0.3) is 0 Å². The van der Waals surface area contributed by atoms with Gasteiger partial charge < -0.3 is 10.2 Å². The molecule has 0 amide bonds. The summed E-state index contributed by atoms with van der Waals surface area (Å²) in [6.07, 6.45) is 16.5. The minimum Gasteiger partial charge on any atom is -0.392 e. The second-order valence-corrected chi connectivity index (χ2v) is 10.8. The minimum atomic E-state index is -0.354. The summed E-state index contributed by atoms with van der Waals surface area (Å²) >= 11 is 1.92. The third kappa shape index (κ3) is 5.16. The maximum Gasteiger partial charge on any atom is 0.0787 e. The summed E-state index contributed by atoms with van der Waals surface area (Å²) in [5.41, 5.74) is 5.63. The summed E-state index contributed by atoms with van der Waals surface area (Å²) in [5.74, 6) is 2.96. The van der Waals surface area contributed by atoms with E-state index in [4.69, 9.17) is 0 Å². The summed E-state index contributed by atoms with van der Waals surface area (Å²) in [6.45, 7) is 11.0. The topological polar surface area (TPSA) is 40.5 Å². The third-order valence-corrected chi connectivity index (χ3v) is 9.18. The molecule has 2 fully saturated rings. The molecule has 0 aromatic rings.